The first-order chi connectivity index (χ1) is 13.4. The average molecular weight is 415 g/mol. The molecular formula is C21H19ClN2O3S. The number of carbonyl (C=O) groups is 1. The number of hydrogen-bond donors (Lipinski definition) is 0. The number of benzene rings is 3. The second-order valence-electron chi connectivity index (χ2n) is 6.09. The van der Waals surface area contributed by atoms with Gasteiger partial charge in [0.15, 0.2) is 0 Å². The molecule has 0 aliphatic rings. The van der Waals surface area contributed by atoms with Gasteiger partial charge in [-0.15, -0.1) is 0 Å². The minimum atomic E-state index is -3.95. The summed E-state index contributed by atoms with van der Waals surface area (Å²) >= 11 is 5.88. The number of amides is 1. The summed E-state index contributed by atoms with van der Waals surface area (Å²) in [6.07, 6.45) is 0. The predicted octanol–water partition coefficient (Wildman–Crippen LogP) is 4.20. The van der Waals surface area contributed by atoms with Crippen LogP contribution < -0.4 is 9.21 Å². The van der Waals surface area contributed by atoms with Crippen LogP contribution in [0.4, 0.5) is 11.4 Å². The highest BCUT2D eigenvalue weighted by Crippen LogP contribution is 2.25. The summed E-state index contributed by atoms with van der Waals surface area (Å²) in [6, 6.07) is 23.5. The molecule has 0 saturated heterocycles. The molecule has 5 nitrogen and oxygen atoms in total. The lowest BCUT2D eigenvalue weighted by Crippen LogP contribution is -2.41. The number of sulfonamides is 1. The maximum Gasteiger partial charge on any atom is 0.264 e. The van der Waals surface area contributed by atoms with Crippen LogP contribution in [-0.2, 0) is 14.8 Å². The van der Waals surface area contributed by atoms with E-state index in [9.17, 15) is 13.2 Å². The number of likely N-dealkylation sites (N-methyl/N-ethyl adjacent to an activating group) is 1. The van der Waals surface area contributed by atoms with Gasteiger partial charge >= 0.3 is 0 Å². The van der Waals surface area contributed by atoms with E-state index in [1.165, 1.54) is 29.2 Å². The van der Waals surface area contributed by atoms with E-state index in [0.717, 1.165) is 4.31 Å². The lowest BCUT2D eigenvalue weighted by Gasteiger charge is -2.26. The zero-order chi connectivity index (χ0) is 20.1. The molecule has 0 N–H and O–H groups in total. The fourth-order valence-corrected chi connectivity index (χ4v) is 4.21. The molecule has 0 spiro atoms. The molecule has 0 aromatic heterocycles. The third-order valence-electron chi connectivity index (χ3n) is 4.24. The van der Waals surface area contributed by atoms with E-state index in [4.69, 9.17) is 11.6 Å². The predicted molar refractivity (Wildman–Crippen MR) is 112 cm³/mol. The first kappa shape index (κ1) is 19.9. The van der Waals surface area contributed by atoms with Crippen LogP contribution in [0.25, 0.3) is 0 Å². The molecule has 0 unspecified atom stereocenters. The van der Waals surface area contributed by atoms with Crippen molar-refractivity contribution < 1.29 is 13.2 Å². The van der Waals surface area contributed by atoms with Crippen LogP contribution >= 0.6 is 11.6 Å². The lowest BCUT2D eigenvalue weighted by atomic mass is 10.3. The molecule has 3 aromatic carbocycles. The maximum absolute atomic E-state index is 13.3. The molecule has 0 heterocycles. The topological polar surface area (TPSA) is 57.7 Å². The first-order valence-corrected chi connectivity index (χ1v) is 10.4. The Morgan fingerprint density at radius 3 is 1.86 bits per heavy atom. The van der Waals surface area contributed by atoms with Crippen LogP contribution in [0.1, 0.15) is 0 Å². The third kappa shape index (κ3) is 4.35. The molecule has 3 rings (SSSR count). The minimum Gasteiger partial charge on any atom is -0.314 e. The number of carbonyl (C=O) groups excluding carboxylic acids is 1. The van der Waals surface area contributed by atoms with Gasteiger partial charge in [0.1, 0.15) is 6.54 Å². The van der Waals surface area contributed by atoms with Crippen LogP contribution in [-0.4, -0.2) is 27.9 Å². The lowest BCUT2D eigenvalue weighted by molar-refractivity contribution is -0.116. The van der Waals surface area contributed by atoms with Crippen molar-refractivity contribution in [2.45, 2.75) is 4.90 Å². The summed E-state index contributed by atoms with van der Waals surface area (Å²) in [4.78, 5) is 14.4. The summed E-state index contributed by atoms with van der Waals surface area (Å²) in [6.45, 7) is -0.333. The fourth-order valence-electron chi connectivity index (χ4n) is 2.67. The van der Waals surface area contributed by atoms with Gasteiger partial charge in [-0.3, -0.25) is 9.10 Å². The highest BCUT2D eigenvalue weighted by atomic mass is 35.5. The summed E-state index contributed by atoms with van der Waals surface area (Å²) in [7, 11) is -2.33. The van der Waals surface area contributed by atoms with Crippen molar-refractivity contribution in [1.29, 1.82) is 0 Å². The molecular weight excluding hydrogens is 396 g/mol. The monoisotopic (exact) mass is 414 g/mol. The third-order valence-corrected chi connectivity index (χ3v) is 6.28. The number of para-hydroxylation sites is 2. The highest BCUT2D eigenvalue weighted by molar-refractivity contribution is 7.92. The van der Waals surface area contributed by atoms with Crippen LogP contribution in [0.2, 0.25) is 5.02 Å². The second-order valence-corrected chi connectivity index (χ2v) is 8.39. The SMILES string of the molecule is CN(C(=O)CN(c1ccccc1)S(=O)(=O)c1ccc(Cl)cc1)c1ccccc1. The van der Waals surface area contributed by atoms with Crippen LogP contribution in [0.5, 0.6) is 0 Å². The minimum absolute atomic E-state index is 0.0657. The fraction of sp³-hybridized carbons (Fsp3) is 0.0952. The van der Waals surface area contributed by atoms with Crippen molar-refractivity contribution >= 4 is 38.9 Å². The number of anilines is 2. The molecule has 0 fully saturated rings. The van der Waals surface area contributed by atoms with E-state index in [1.54, 1.807) is 49.5 Å². The molecule has 28 heavy (non-hydrogen) atoms. The normalized spacial score (nSPS) is 11.1. The Labute approximate surface area is 169 Å². The first-order valence-electron chi connectivity index (χ1n) is 8.54. The molecule has 0 atom stereocenters. The van der Waals surface area contributed by atoms with Gasteiger partial charge in [-0.25, -0.2) is 8.42 Å². The van der Waals surface area contributed by atoms with Gasteiger partial charge in [-0.1, -0.05) is 48.0 Å². The Morgan fingerprint density at radius 2 is 1.32 bits per heavy atom. The Bertz CT molecular complexity index is 1040. The molecule has 0 bridgehead atoms. The van der Waals surface area contributed by atoms with Gasteiger partial charge in [-0.05, 0) is 48.5 Å². The highest BCUT2D eigenvalue weighted by Gasteiger charge is 2.28. The second kappa shape index (κ2) is 8.46. The quantitative estimate of drug-likeness (QED) is 0.607. The van der Waals surface area contributed by atoms with E-state index >= 15 is 0 Å². The van der Waals surface area contributed by atoms with Gasteiger partial charge < -0.3 is 4.90 Å². The zero-order valence-corrected chi connectivity index (χ0v) is 16.8. The number of halogens is 1. The molecule has 0 aliphatic heterocycles. The largest absolute Gasteiger partial charge is 0.314 e. The van der Waals surface area contributed by atoms with E-state index in [2.05, 4.69) is 0 Å². The standard InChI is InChI=1S/C21H19ClN2O3S/c1-23(18-8-4-2-5-9-18)21(25)16-24(19-10-6-3-7-11-19)28(26,27)20-14-12-17(22)13-15-20/h2-15H,16H2,1H3. The van der Waals surface area contributed by atoms with Crippen molar-refractivity contribution in [3.05, 3.63) is 90.0 Å². The van der Waals surface area contributed by atoms with Crippen LogP contribution in [0.3, 0.4) is 0 Å². The number of rotatable bonds is 6. The average Bonchev–Trinajstić information content (AvgIpc) is 2.72. The van der Waals surface area contributed by atoms with Crippen molar-refractivity contribution in [1.82, 2.24) is 0 Å². The van der Waals surface area contributed by atoms with Gasteiger partial charge in [0.2, 0.25) is 5.91 Å². The smallest absolute Gasteiger partial charge is 0.264 e. The Hall–Kier alpha value is -2.83. The molecule has 0 radical (unpaired) electrons. The van der Waals surface area contributed by atoms with E-state index in [-0.39, 0.29) is 17.3 Å². The van der Waals surface area contributed by atoms with Gasteiger partial charge in [0.25, 0.3) is 10.0 Å². The van der Waals surface area contributed by atoms with Crippen molar-refractivity contribution in [3.8, 4) is 0 Å². The van der Waals surface area contributed by atoms with Crippen molar-refractivity contribution in [2.75, 3.05) is 22.8 Å². The summed E-state index contributed by atoms with van der Waals surface area (Å²) in [5, 5.41) is 0.435. The zero-order valence-electron chi connectivity index (χ0n) is 15.2. The van der Waals surface area contributed by atoms with Gasteiger partial charge in [-0.2, -0.15) is 0 Å². The van der Waals surface area contributed by atoms with Crippen molar-refractivity contribution in [2.24, 2.45) is 0 Å². The van der Waals surface area contributed by atoms with E-state index in [1.807, 2.05) is 18.2 Å². The molecule has 7 heteroatoms. The van der Waals surface area contributed by atoms with E-state index in [0.29, 0.717) is 16.4 Å². The number of hydrogen-bond acceptors (Lipinski definition) is 3. The molecule has 1 amide bonds. The van der Waals surface area contributed by atoms with Crippen LogP contribution in [0.15, 0.2) is 89.8 Å². The number of nitrogens with zero attached hydrogens (tertiary/aromatic N) is 2. The van der Waals surface area contributed by atoms with E-state index < -0.39 is 10.0 Å². The maximum atomic E-state index is 13.3. The molecule has 144 valence electrons. The van der Waals surface area contributed by atoms with Gasteiger partial charge in [0, 0.05) is 17.8 Å². The summed E-state index contributed by atoms with van der Waals surface area (Å²) in [5.74, 6) is -0.354. The Kier molecular flexibility index (Phi) is 6.02. The molecule has 0 aliphatic carbocycles. The van der Waals surface area contributed by atoms with Gasteiger partial charge in [0.05, 0.1) is 10.6 Å². The summed E-state index contributed by atoms with van der Waals surface area (Å²) in [5.41, 5.74) is 1.09. The molecule has 3 aromatic rings. The van der Waals surface area contributed by atoms with Crippen LogP contribution in [0, 0.1) is 0 Å². The molecule has 0 saturated carbocycles. The summed E-state index contributed by atoms with van der Waals surface area (Å²) < 4.78 is 27.6. The van der Waals surface area contributed by atoms with Crippen molar-refractivity contribution in [3.63, 3.8) is 0 Å². The Balaban J connectivity index is 1.96. The Morgan fingerprint density at radius 1 is 0.821 bits per heavy atom.